The van der Waals surface area contributed by atoms with Gasteiger partial charge in [0.05, 0.1) is 11.3 Å². The van der Waals surface area contributed by atoms with Gasteiger partial charge >= 0.3 is 0 Å². The second-order valence-corrected chi connectivity index (χ2v) is 7.39. The van der Waals surface area contributed by atoms with Gasteiger partial charge in [-0.2, -0.15) is 0 Å². The average molecular weight is 406 g/mol. The van der Waals surface area contributed by atoms with Crippen molar-refractivity contribution in [2.24, 2.45) is 5.18 Å². The number of rotatable bonds is 7. The number of para-hydroxylation sites is 1. The summed E-state index contributed by atoms with van der Waals surface area (Å²) in [6.45, 7) is 4.05. The number of carbonyl (C=O) groups excluding carboxylic acids is 1. The SMILES string of the molecule is CC(C)c1ccccc1Nc1c(Nc2cccc(C(=O)N(C)C)c2N=O)c(=O)c1=O. The fraction of sp³-hybridized carbons (Fsp3) is 0.227. The van der Waals surface area contributed by atoms with E-state index in [1.54, 1.807) is 20.2 Å². The summed E-state index contributed by atoms with van der Waals surface area (Å²) in [4.78, 5) is 49.5. The summed E-state index contributed by atoms with van der Waals surface area (Å²) in [6, 6.07) is 12.1. The molecule has 30 heavy (non-hydrogen) atoms. The Kier molecular flexibility index (Phi) is 5.77. The summed E-state index contributed by atoms with van der Waals surface area (Å²) in [7, 11) is 3.11. The van der Waals surface area contributed by atoms with Crippen molar-refractivity contribution in [3.05, 3.63) is 78.9 Å². The molecule has 3 aromatic carbocycles. The highest BCUT2D eigenvalue weighted by atomic mass is 16.3. The van der Waals surface area contributed by atoms with Gasteiger partial charge in [-0.3, -0.25) is 14.4 Å². The maximum Gasteiger partial charge on any atom is 0.255 e. The van der Waals surface area contributed by atoms with Gasteiger partial charge in [-0.25, -0.2) is 0 Å². The van der Waals surface area contributed by atoms with Gasteiger partial charge in [-0.05, 0) is 34.9 Å². The molecule has 0 bridgehead atoms. The van der Waals surface area contributed by atoms with Gasteiger partial charge in [0.2, 0.25) is 0 Å². The normalized spacial score (nSPS) is 10.8. The topological polar surface area (TPSA) is 108 Å². The van der Waals surface area contributed by atoms with Gasteiger partial charge in [0.15, 0.2) is 0 Å². The fourth-order valence-electron chi connectivity index (χ4n) is 3.17. The van der Waals surface area contributed by atoms with Crippen LogP contribution in [0, 0.1) is 4.91 Å². The second-order valence-electron chi connectivity index (χ2n) is 7.39. The molecule has 0 saturated carbocycles. The van der Waals surface area contributed by atoms with Gasteiger partial charge in [0.25, 0.3) is 16.8 Å². The van der Waals surface area contributed by atoms with Crippen LogP contribution in [0.2, 0.25) is 0 Å². The lowest BCUT2D eigenvalue weighted by Crippen LogP contribution is -2.36. The Morgan fingerprint density at radius 3 is 2.03 bits per heavy atom. The molecule has 8 nitrogen and oxygen atoms in total. The van der Waals surface area contributed by atoms with E-state index in [9.17, 15) is 19.3 Å². The van der Waals surface area contributed by atoms with E-state index in [-0.39, 0.29) is 34.2 Å². The number of benzene rings is 2. The van der Waals surface area contributed by atoms with Crippen LogP contribution in [0.15, 0.2) is 57.2 Å². The molecule has 8 heteroatoms. The minimum atomic E-state index is -0.708. The van der Waals surface area contributed by atoms with Gasteiger partial charge in [0, 0.05) is 19.8 Å². The lowest BCUT2D eigenvalue weighted by atomic mass is 10.0. The van der Waals surface area contributed by atoms with Crippen molar-refractivity contribution in [1.29, 1.82) is 0 Å². The molecule has 0 aliphatic rings. The first-order valence-electron chi connectivity index (χ1n) is 9.40. The van der Waals surface area contributed by atoms with Crippen LogP contribution in [-0.4, -0.2) is 24.9 Å². The molecule has 0 spiro atoms. The van der Waals surface area contributed by atoms with Crippen molar-refractivity contribution in [1.82, 2.24) is 4.90 Å². The smallest absolute Gasteiger partial charge is 0.255 e. The zero-order valence-corrected chi connectivity index (χ0v) is 17.1. The maximum absolute atomic E-state index is 12.3. The molecule has 0 aliphatic heterocycles. The van der Waals surface area contributed by atoms with E-state index in [1.807, 2.05) is 38.1 Å². The van der Waals surface area contributed by atoms with Crippen LogP contribution < -0.4 is 21.5 Å². The molecule has 2 N–H and O–H groups in total. The molecular formula is C22H22N4O4. The number of nitrogens with one attached hydrogen (secondary N) is 2. The Labute approximate surface area is 173 Å². The summed E-state index contributed by atoms with van der Waals surface area (Å²) in [6.07, 6.45) is 0. The number of amides is 1. The quantitative estimate of drug-likeness (QED) is 0.454. The lowest BCUT2D eigenvalue weighted by Gasteiger charge is -2.19. The number of carbonyl (C=O) groups is 1. The van der Waals surface area contributed by atoms with Crippen LogP contribution in [-0.2, 0) is 0 Å². The summed E-state index contributed by atoms with van der Waals surface area (Å²) in [5, 5.41) is 8.82. The second kappa shape index (κ2) is 8.28. The highest BCUT2D eigenvalue weighted by molar-refractivity contribution is 6.02. The maximum atomic E-state index is 12.3. The molecule has 3 rings (SSSR count). The predicted octanol–water partition coefficient (Wildman–Crippen LogP) is 3.99. The molecule has 0 aliphatic carbocycles. The predicted molar refractivity (Wildman–Crippen MR) is 118 cm³/mol. The first kappa shape index (κ1) is 20.9. The standard InChI is InChI=1S/C22H22N4O4/c1-12(2)13-8-5-6-10-15(13)23-18-19(21(28)20(18)27)24-16-11-7-9-14(17(16)25-30)22(29)26(3)4/h5-12,23-24H,1-4H3. The summed E-state index contributed by atoms with van der Waals surface area (Å²) in [5.74, 6) is -0.196. The van der Waals surface area contributed by atoms with Crippen molar-refractivity contribution in [3.63, 3.8) is 0 Å². The fourth-order valence-corrected chi connectivity index (χ4v) is 3.17. The third-order valence-corrected chi connectivity index (χ3v) is 4.78. The van der Waals surface area contributed by atoms with E-state index in [2.05, 4.69) is 15.8 Å². The molecule has 0 heterocycles. The largest absolute Gasteiger partial charge is 0.350 e. The molecule has 0 aromatic heterocycles. The van der Waals surface area contributed by atoms with Crippen molar-refractivity contribution in [2.45, 2.75) is 19.8 Å². The molecule has 0 fully saturated rings. The number of nitrogens with zero attached hydrogens (tertiary/aromatic N) is 2. The Morgan fingerprint density at radius 2 is 1.47 bits per heavy atom. The number of hydrogen-bond acceptors (Lipinski definition) is 7. The first-order chi connectivity index (χ1) is 14.3. The molecule has 0 unspecified atom stereocenters. The van der Waals surface area contributed by atoms with E-state index in [0.29, 0.717) is 5.69 Å². The van der Waals surface area contributed by atoms with Crippen LogP contribution >= 0.6 is 0 Å². The van der Waals surface area contributed by atoms with Crippen LogP contribution in [0.1, 0.15) is 35.7 Å². The van der Waals surface area contributed by atoms with E-state index in [0.717, 1.165) is 5.56 Å². The molecule has 0 atom stereocenters. The zero-order chi connectivity index (χ0) is 22.0. The summed E-state index contributed by atoms with van der Waals surface area (Å²) in [5.41, 5.74) is 0.615. The van der Waals surface area contributed by atoms with Crippen LogP contribution in [0.3, 0.4) is 0 Å². The minimum absolute atomic E-state index is 0.0258. The average Bonchev–Trinajstić information content (AvgIpc) is 2.74. The molecule has 0 radical (unpaired) electrons. The van der Waals surface area contributed by atoms with Gasteiger partial charge in [-0.15, -0.1) is 4.91 Å². The van der Waals surface area contributed by atoms with E-state index >= 15 is 0 Å². The Bertz CT molecular complexity index is 1190. The lowest BCUT2D eigenvalue weighted by molar-refractivity contribution is 0.0828. The van der Waals surface area contributed by atoms with Crippen molar-refractivity contribution >= 4 is 34.3 Å². The van der Waals surface area contributed by atoms with E-state index in [4.69, 9.17) is 0 Å². The van der Waals surface area contributed by atoms with E-state index < -0.39 is 16.8 Å². The van der Waals surface area contributed by atoms with Crippen LogP contribution in [0.25, 0.3) is 0 Å². The summed E-state index contributed by atoms with van der Waals surface area (Å²) < 4.78 is 0. The zero-order valence-electron chi connectivity index (χ0n) is 17.1. The van der Waals surface area contributed by atoms with Crippen LogP contribution in [0.4, 0.5) is 28.4 Å². The van der Waals surface area contributed by atoms with Gasteiger partial charge in [-0.1, -0.05) is 38.1 Å². The third kappa shape index (κ3) is 3.71. The van der Waals surface area contributed by atoms with Crippen molar-refractivity contribution < 1.29 is 4.79 Å². The van der Waals surface area contributed by atoms with Gasteiger partial charge in [0.1, 0.15) is 17.1 Å². The monoisotopic (exact) mass is 406 g/mol. The first-order valence-corrected chi connectivity index (χ1v) is 9.40. The van der Waals surface area contributed by atoms with Crippen molar-refractivity contribution in [3.8, 4) is 0 Å². The molecule has 0 saturated heterocycles. The highest BCUT2D eigenvalue weighted by Crippen LogP contribution is 2.34. The number of anilines is 4. The van der Waals surface area contributed by atoms with E-state index in [1.165, 1.54) is 17.0 Å². The highest BCUT2D eigenvalue weighted by Gasteiger charge is 2.25. The van der Waals surface area contributed by atoms with Crippen LogP contribution in [0.5, 0.6) is 0 Å². The van der Waals surface area contributed by atoms with Crippen molar-refractivity contribution in [2.75, 3.05) is 24.7 Å². The Morgan fingerprint density at radius 1 is 0.900 bits per heavy atom. The number of nitroso groups, excluding NO2 is 1. The Hall–Kier alpha value is -3.81. The van der Waals surface area contributed by atoms with Gasteiger partial charge < -0.3 is 15.5 Å². The minimum Gasteiger partial charge on any atom is -0.350 e. The Balaban J connectivity index is 2.00. The molecule has 3 aromatic rings. The molecule has 154 valence electrons. The molecule has 1 amide bonds. The summed E-state index contributed by atoms with van der Waals surface area (Å²) >= 11 is 0. The number of hydrogen-bond donors (Lipinski definition) is 2. The molecular weight excluding hydrogens is 384 g/mol. The third-order valence-electron chi connectivity index (χ3n) is 4.78.